The van der Waals surface area contributed by atoms with Crippen LogP contribution in [0.2, 0.25) is 0 Å². The fourth-order valence-electron chi connectivity index (χ4n) is 4.78. The molecule has 1 aliphatic rings. The molecular formula is C28H31FN2O3. The molecule has 34 heavy (non-hydrogen) atoms. The molecule has 1 unspecified atom stereocenters. The van der Waals surface area contributed by atoms with Gasteiger partial charge in [0.15, 0.2) is 0 Å². The zero-order chi connectivity index (χ0) is 24.3. The normalized spacial score (nSPS) is 19.1. The number of amides is 1. The topological polar surface area (TPSA) is 62.7 Å². The first-order chi connectivity index (χ1) is 16.3. The van der Waals surface area contributed by atoms with E-state index in [0.717, 1.165) is 33.6 Å². The highest BCUT2D eigenvalue weighted by atomic mass is 19.1. The number of halogens is 1. The van der Waals surface area contributed by atoms with Gasteiger partial charge in [0.2, 0.25) is 0 Å². The summed E-state index contributed by atoms with van der Waals surface area (Å²) in [4.78, 5) is 19.4. The maximum Gasteiger partial charge on any atom is 0.411 e. The lowest BCUT2D eigenvalue weighted by Crippen LogP contribution is -2.48. The predicted molar refractivity (Wildman–Crippen MR) is 130 cm³/mol. The lowest BCUT2D eigenvalue weighted by Gasteiger charge is -2.43. The number of nitrogens with zero attached hydrogens (tertiary/aromatic N) is 2. The molecule has 0 aliphatic carbocycles. The smallest absolute Gasteiger partial charge is 0.411 e. The molecule has 0 radical (unpaired) electrons. The van der Waals surface area contributed by atoms with E-state index in [9.17, 15) is 14.3 Å². The Bertz CT molecular complexity index is 1150. The van der Waals surface area contributed by atoms with Gasteiger partial charge in [-0.3, -0.25) is 4.98 Å². The molecule has 1 saturated heterocycles. The van der Waals surface area contributed by atoms with Crippen molar-refractivity contribution in [3.63, 3.8) is 0 Å². The molecule has 1 aromatic heterocycles. The minimum absolute atomic E-state index is 0.00291. The van der Waals surface area contributed by atoms with E-state index in [1.807, 2.05) is 39.0 Å². The van der Waals surface area contributed by atoms with Crippen LogP contribution in [-0.2, 0) is 10.3 Å². The van der Waals surface area contributed by atoms with Crippen molar-refractivity contribution in [3.05, 3.63) is 89.0 Å². The summed E-state index contributed by atoms with van der Waals surface area (Å²) in [5, 5.41) is 9.38. The van der Waals surface area contributed by atoms with Crippen molar-refractivity contribution in [2.24, 2.45) is 0 Å². The van der Waals surface area contributed by atoms with E-state index < -0.39 is 11.7 Å². The molecule has 1 N–H and O–H groups in total. The molecule has 1 fully saturated rings. The van der Waals surface area contributed by atoms with Crippen molar-refractivity contribution in [2.45, 2.75) is 51.7 Å². The average Bonchev–Trinajstić information content (AvgIpc) is 2.83. The third-order valence-corrected chi connectivity index (χ3v) is 6.78. The first-order valence-corrected chi connectivity index (χ1v) is 11.7. The number of hydrogen-bond donors (Lipinski definition) is 1. The molecule has 3 aromatic rings. The fourth-order valence-corrected chi connectivity index (χ4v) is 4.78. The molecule has 0 spiro atoms. The molecule has 4 rings (SSSR count). The molecule has 178 valence electrons. The summed E-state index contributed by atoms with van der Waals surface area (Å²) >= 11 is 0. The standard InChI is InChI=1S/C28H31FN2O3/c1-19-5-14-26(20(2)30-19)23-8-6-22(7-9-23)21(3)31-17-16-28(15-4-18-32,34-27(31)33)24-10-12-25(29)13-11-24/h5-14,21,32H,4,15-18H2,1-3H3/t21-,28?/m0/s1. The first kappa shape index (κ1) is 23.9. The van der Waals surface area contributed by atoms with E-state index >= 15 is 0 Å². The number of rotatable bonds is 7. The van der Waals surface area contributed by atoms with Gasteiger partial charge in [-0.1, -0.05) is 42.5 Å². The molecule has 2 aromatic carbocycles. The van der Waals surface area contributed by atoms with Gasteiger partial charge in [-0.05, 0) is 68.5 Å². The third kappa shape index (κ3) is 4.82. The Morgan fingerprint density at radius 3 is 2.41 bits per heavy atom. The quantitative estimate of drug-likeness (QED) is 0.462. The number of aryl methyl sites for hydroxylation is 2. The highest BCUT2D eigenvalue weighted by Gasteiger charge is 2.43. The van der Waals surface area contributed by atoms with Crippen molar-refractivity contribution in [1.29, 1.82) is 0 Å². The Morgan fingerprint density at radius 2 is 1.79 bits per heavy atom. The number of aromatic nitrogens is 1. The second-order valence-electron chi connectivity index (χ2n) is 9.02. The summed E-state index contributed by atoms with van der Waals surface area (Å²) < 4.78 is 19.5. The van der Waals surface area contributed by atoms with Crippen molar-refractivity contribution < 1.29 is 19.0 Å². The van der Waals surface area contributed by atoms with Gasteiger partial charge in [0.25, 0.3) is 0 Å². The van der Waals surface area contributed by atoms with Gasteiger partial charge >= 0.3 is 6.09 Å². The van der Waals surface area contributed by atoms with Crippen LogP contribution in [0.3, 0.4) is 0 Å². The van der Waals surface area contributed by atoms with Crippen LogP contribution in [0.25, 0.3) is 11.1 Å². The zero-order valence-electron chi connectivity index (χ0n) is 19.9. The monoisotopic (exact) mass is 462 g/mol. The third-order valence-electron chi connectivity index (χ3n) is 6.78. The van der Waals surface area contributed by atoms with Gasteiger partial charge in [-0.15, -0.1) is 0 Å². The fraction of sp³-hybridized carbons (Fsp3) is 0.357. The van der Waals surface area contributed by atoms with Gasteiger partial charge in [0, 0.05) is 36.5 Å². The number of ether oxygens (including phenoxy) is 1. The van der Waals surface area contributed by atoms with Crippen LogP contribution in [0.4, 0.5) is 9.18 Å². The molecule has 2 atom stereocenters. The number of pyridine rings is 1. The van der Waals surface area contributed by atoms with Crippen molar-refractivity contribution in [3.8, 4) is 11.1 Å². The van der Waals surface area contributed by atoms with Crippen LogP contribution < -0.4 is 0 Å². The highest BCUT2D eigenvalue weighted by molar-refractivity contribution is 5.70. The van der Waals surface area contributed by atoms with Crippen LogP contribution >= 0.6 is 0 Å². The molecule has 1 aliphatic heterocycles. The number of aliphatic hydroxyl groups is 1. The Kier molecular flexibility index (Phi) is 6.98. The van der Waals surface area contributed by atoms with Crippen LogP contribution in [0.15, 0.2) is 60.7 Å². The SMILES string of the molecule is Cc1ccc(-c2ccc([C@H](C)N3CCC(CCCO)(c4ccc(F)cc4)OC3=O)cc2)c(C)n1. The van der Waals surface area contributed by atoms with Gasteiger partial charge in [0.1, 0.15) is 11.4 Å². The van der Waals surface area contributed by atoms with E-state index in [1.165, 1.54) is 12.1 Å². The number of cyclic esters (lactones) is 1. The maximum atomic E-state index is 13.5. The number of carbonyl (C=O) groups excluding carboxylic acids is 1. The van der Waals surface area contributed by atoms with Gasteiger partial charge in [-0.2, -0.15) is 0 Å². The summed E-state index contributed by atoms with van der Waals surface area (Å²) in [6.45, 7) is 6.49. The number of benzene rings is 2. The lowest BCUT2D eigenvalue weighted by atomic mass is 9.84. The van der Waals surface area contributed by atoms with Crippen molar-refractivity contribution >= 4 is 6.09 Å². The van der Waals surface area contributed by atoms with E-state index in [1.54, 1.807) is 17.0 Å². The number of hydrogen-bond acceptors (Lipinski definition) is 4. The average molecular weight is 463 g/mol. The molecular weight excluding hydrogens is 431 g/mol. The predicted octanol–water partition coefficient (Wildman–Crippen LogP) is 6.08. The van der Waals surface area contributed by atoms with Crippen LogP contribution in [-0.4, -0.2) is 34.2 Å². The van der Waals surface area contributed by atoms with Crippen LogP contribution in [0.1, 0.15) is 54.7 Å². The van der Waals surface area contributed by atoms with Crippen molar-refractivity contribution in [2.75, 3.05) is 13.2 Å². The molecule has 0 saturated carbocycles. The largest absolute Gasteiger partial charge is 0.438 e. The second kappa shape index (κ2) is 9.94. The van der Waals surface area contributed by atoms with Crippen molar-refractivity contribution in [1.82, 2.24) is 9.88 Å². The van der Waals surface area contributed by atoms with E-state index in [-0.39, 0.29) is 18.5 Å². The number of carbonyl (C=O) groups is 1. The van der Waals surface area contributed by atoms with Crippen LogP contribution in [0.5, 0.6) is 0 Å². The zero-order valence-corrected chi connectivity index (χ0v) is 19.9. The second-order valence-corrected chi connectivity index (χ2v) is 9.02. The minimum Gasteiger partial charge on any atom is -0.438 e. The minimum atomic E-state index is -0.858. The van der Waals surface area contributed by atoms with E-state index in [0.29, 0.717) is 25.8 Å². The lowest BCUT2D eigenvalue weighted by molar-refractivity contribution is -0.0680. The number of aliphatic hydroxyl groups excluding tert-OH is 1. The van der Waals surface area contributed by atoms with Gasteiger partial charge in [0.05, 0.1) is 6.04 Å². The summed E-state index contributed by atoms with van der Waals surface area (Å²) in [5.74, 6) is -0.335. The molecule has 1 amide bonds. The summed E-state index contributed by atoms with van der Waals surface area (Å²) in [6.07, 6.45) is 1.15. The van der Waals surface area contributed by atoms with E-state index in [4.69, 9.17) is 4.74 Å². The Balaban J connectivity index is 1.52. The maximum absolute atomic E-state index is 13.5. The van der Waals surface area contributed by atoms with Crippen LogP contribution in [0, 0.1) is 19.7 Å². The first-order valence-electron chi connectivity index (χ1n) is 11.7. The van der Waals surface area contributed by atoms with Gasteiger partial charge < -0.3 is 14.7 Å². The summed E-state index contributed by atoms with van der Waals surface area (Å²) in [5.41, 5.74) is 5.07. The van der Waals surface area contributed by atoms with Gasteiger partial charge in [-0.25, -0.2) is 9.18 Å². The highest BCUT2D eigenvalue weighted by Crippen LogP contribution is 2.40. The molecule has 6 heteroatoms. The molecule has 0 bridgehead atoms. The molecule has 2 heterocycles. The Hall–Kier alpha value is -3.25. The molecule has 5 nitrogen and oxygen atoms in total. The summed E-state index contributed by atoms with van der Waals surface area (Å²) in [6, 6.07) is 18.2. The Morgan fingerprint density at radius 1 is 1.09 bits per heavy atom. The summed E-state index contributed by atoms with van der Waals surface area (Å²) in [7, 11) is 0. The Labute approximate surface area is 200 Å². The van der Waals surface area contributed by atoms with E-state index in [2.05, 4.69) is 23.2 Å².